The van der Waals surface area contributed by atoms with Gasteiger partial charge < -0.3 is 16.1 Å². The van der Waals surface area contributed by atoms with Gasteiger partial charge in [0.1, 0.15) is 11.6 Å². The molecule has 0 saturated carbocycles. The standard InChI is InChI=1S/C10H17N7/c1-3-17(6-7(2)5-11)9-4-8(16-13)14-10(12)15-9/h4,7H,3,6,13H2,1-2H3,(H3,12,14,15,16). The Hall–Kier alpha value is -2.07. The van der Waals surface area contributed by atoms with Crippen molar-refractivity contribution in [1.82, 2.24) is 9.97 Å². The van der Waals surface area contributed by atoms with Crippen LogP contribution in [-0.2, 0) is 0 Å². The molecule has 0 saturated heterocycles. The summed E-state index contributed by atoms with van der Waals surface area (Å²) >= 11 is 0. The van der Waals surface area contributed by atoms with Crippen molar-refractivity contribution in [1.29, 1.82) is 5.26 Å². The average molecular weight is 235 g/mol. The third-order valence-corrected chi connectivity index (χ3v) is 2.30. The maximum absolute atomic E-state index is 8.81. The van der Waals surface area contributed by atoms with E-state index in [0.717, 1.165) is 6.54 Å². The molecule has 92 valence electrons. The molecule has 0 aliphatic carbocycles. The van der Waals surface area contributed by atoms with Crippen LogP contribution >= 0.6 is 0 Å². The van der Waals surface area contributed by atoms with Crippen LogP contribution in [0.1, 0.15) is 13.8 Å². The summed E-state index contributed by atoms with van der Waals surface area (Å²) in [5.41, 5.74) is 8.01. The van der Waals surface area contributed by atoms with E-state index in [2.05, 4.69) is 21.5 Å². The van der Waals surface area contributed by atoms with Gasteiger partial charge in [-0.2, -0.15) is 15.2 Å². The van der Waals surface area contributed by atoms with Gasteiger partial charge in [0, 0.05) is 19.2 Å². The molecule has 0 bridgehead atoms. The van der Waals surface area contributed by atoms with Crippen LogP contribution in [0.25, 0.3) is 0 Å². The van der Waals surface area contributed by atoms with Gasteiger partial charge in [0.05, 0.1) is 12.0 Å². The molecule has 1 heterocycles. The van der Waals surface area contributed by atoms with E-state index in [0.29, 0.717) is 18.2 Å². The van der Waals surface area contributed by atoms with Crippen LogP contribution in [0, 0.1) is 17.2 Å². The van der Waals surface area contributed by atoms with Crippen LogP contribution in [-0.4, -0.2) is 23.1 Å². The van der Waals surface area contributed by atoms with E-state index in [4.69, 9.17) is 16.8 Å². The van der Waals surface area contributed by atoms with Crippen molar-refractivity contribution in [2.24, 2.45) is 11.8 Å². The van der Waals surface area contributed by atoms with Gasteiger partial charge in [0.15, 0.2) is 0 Å². The first-order valence-electron chi connectivity index (χ1n) is 5.36. The largest absolute Gasteiger partial charge is 0.368 e. The number of hydrazine groups is 1. The third-order valence-electron chi connectivity index (χ3n) is 2.30. The molecule has 0 radical (unpaired) electrons. The summed E-state index contributed by atoms with van der Waals surface area (Å²) in [6, 6.07) is 3.88. The van der Waals surface area contributed by atoms with Crippen LogP contribution in [0.2, 0.25) is 0 Å². The van der Waals surface area contributed by atoms with Crippen LogP contribution in [0.5, 0.6) is 0 Å². The van der Waals surface area contributed by atoms with Gasteiger partial charge in [-0.1, -0.05) is 0 Å². The van der Waals surface area contributed by atoms with E-state index in [9.17, 15) is 0 Å². The molecule has 0 spiro atoms. The number of nitrogens with two attached hydrogens (primary N) is 2. The molecule has 7 heteroatoms. The SMILES string of the molecule is CCN(CC(C)C#N)c1cc(NN)nc(N)n1. The highest BCUT2D eigenvalue weighted by Gasteiger charge is 2.12. The van der Waals surface area contributed by atoms with E-state index >= 15 is 0 Å². The number of anilines is 3. The molecular formula is C10H17N7. The number of nitrogen functional groups attached to an aromatic ring is 2. The van der Waals surface area contributed by atoms with E-state index in [1.54, 1.807) is 6.07 Å². The van der Waals surface area contributed by atoms with E-state index in [1.165, 1.54) is 0 Å². The fraction of sp³-hybridized carbons (Fsp3) is 0.500. The second-order valence-electron chi connectivity index (χ2n) is 3.68. The fourth-order valence-corrected chi connectivity index (χ4v) is 1.44. The Kier molecular flexibility index (Phi) is 4.48. The Morgan fingerprint density at radius 2 is 2.29 bits per heavy atom. The first-order chi connectivity index (χ1) is 8.10. The lowest BCUT2D eigenvalue weighted by Gasteiger charge is -2.23. The van der Waals surface area contributed by atoms with E-state index < -0.39 is 0 Å². The number of nitrogens with zero attached hydrogens (tertiary/aromatic N) is 4. The maximum Gasteiger partial charge on any atom is 0.223 e. The Balaban J connectivity index is 2.95. The number of nitrogens with one attached hydrogen (secondary N) is 1. The predicted molar refractivity (Wildman–Crippen MR) is 66.9 cm³/mol. The summed E-state index contributed by atoms with van der Waals surface area (Å²) in [6.07, 6.45) is 0. The summed E-state index contributed by atoms with van der Waals surface area (Å²) in [5, 5.41) is 8.81. The van der Waals surface area contributed by atoms with Crippen molar-refractivity contribution in [3.8, 4) is 6.07 Å². The second kappa shape index (κ2) is 5.86. The highest BCUT2D eigenvalue weighted by molar-refractivity contribution is 5.52. The lowest BCUT2D eigenvalue weighted by atomic mass is 10.2. The Morgan fingerprint density at radius 1 is 1.59 bits per heavy atom. The molecule has 1 unspecified atom stereocenters. The van der Waals surface area contributed by atoms with Gasteiger partial charge in [-0.3, -0.25) is 0 Å². The highest BCUT2D eigenvalue weighted by atomic mass is 15.3. The van der Waals surface area contributed by atoms with Gasteiger partial charge in [-0.25, -0.2) is 5.84 Å². The first kappa shape index (κ1) is 13.0. The highest BCUT2D eigenvalue weighted by Crippen LogP contribution is 2.17. The Labute approximate surface area is 100 Å². The molecule has 1 atom stereocenters. The zero-order chi connectivity index (χ0) is 12.8. The van der Waals surface area contributed by atoms with Crippen molar-refractivity contribution in [2.75, 3.05) is 29.1 Å². The summed E-state index contributed by atoms with van der Waals surface area (Å²) < 4.78 is 0. The number of aromatic nitrogens is 2. The quantitative estimate of drug-likeness (QED) is 0.497. The van der Waals surface area contributed by atoms with Crippen molar-refractivity contribution in [3.05, 3.63) is 6.07 Å². The summed E-state index contributed by atoms with van der Waals surface area (Å²) in [5.74, 6) is 6.47. The zero-order valence-electron chi connectivity index (χ0n) is 10.0. The molecule has 1 rings (SSSR count). The van der Waals surface area contributed by atoms with Gasteiger partial charge in [-0.15, -0.1) is 0 Å². The lowest BCUT2D eigenvalue weighted by molar-refractivity contribution is 0.679. The molecule has 0 aliphatic rings. The Morgan fingerprint density at radius 3 is 2.82 bits per heavy atom. The van der Waals surface area contributed by atoms with Gasteiger partial charge in [0.25, 0.3) is 0 Å². The molecule has 1 aromatic rings. The van der Waals surface area contributed by atoms with Crippen molar-refractivity contribution in [2.45, 2.75) is 13.8 Å². The topological polar surface area (TPSA) is 117 Å². The fourth-order valence-electron chi connectivity index (χ4n) is 1.44. The van der Waals surface area contributed by atoms with Crippen molar-refractivity contribution >= 4 is 17.6 Å². The maximum atomic E-state index is 8.81. The van der Waals surface area contributed by atoms with Crippen molar-refractivity contribution < 1.29 is 0 Å². The first-order valence-corrected chi connectivity index (χ1v) is 5.36. The number of nitriles is 1. The monoisotopic (exact) mass is 235 g/mol. The summed E-state index contributed by atoms with van der Waals surface area (Å²) in [7, 11) is 0. The molecule has 1 aromatic heterocycles. The third kappa shape index (κ3) is 3.46. The zero-order valence-corrected chi connectivity index (χ0v) is 10.0. The lowest BCUT2D eigenvalue weighted by Crippen LogP contribution is -2.29. The molecule has 7 nitrogen and oxygen atoms in total. The number of hydrogen-bond donors (Lipinski definition) is 3. The van der Waals surface area contributed by atoms with Gasteiger partial charge in [0.2, 0.25) is 5.95 Å². The van der Waals surface area contributed by atoms with Crippen LogP contribution in [0.15, 0.2) is 6.07 Å². The Bertz CT molecular complexity index is 412. The molecule has 0 amide bonds. The summed E-state index contributed by atoms with van der Waals surface area (Å²) in [6.45, 7) is 5.16. The van der Waals surface area contributed by atoms with Crippen LogP contribution in [0.4, 0.5) is 17.6 Å². The molecule has 0 fully saturated rings. The van der Waals surface area contributed by atoms with Crippen molar-refractivity contribution in [3.63, 3.8) is 0 Å². The minimum atomic E-state index is -0.0829. The summed E-state index contributed by atoms with van der Waals surface area (Å²) in [4.78, 5) is 9.99. The molecule has 0 aromatic carbocycles. The van der Waals surface area contributed by atoms with Crippen LogP contribution in [0.3, 0.4) is 0 Å². The van der Waals surface area contributed by atoms with Crippen LogP contribution < -0.4 is 21.9 Å². The van der Waals surface area contributed by atoms with Gasteiger partial charge in [-0.05, 0) is 13.8 Å². The number of rotatable bonds is 5. The predicted octanol–water partition coefficient (Wildman–Crippen LogP) is 0.330. The average Bonchev–Trinajstić information content (AvgIpc) is 2.34. The number of hydrogen-bond acceptors (Lipinski definition) is 7. The van der Waals surface area contributed by atoms with Gasteiger partial charge >= 0.3 is 0 Å². The molecular weight excluding hydrogens is 218 g/mol. The molecule has 5 N–H and O–H groups in total. The molecule has 0 aliphatic heterocycles. The molecule has 17 heavy (non-hydrogen) atoms. The van der Waals surface area contributed by atoms with E-state index in [1.807, 2.05) is 18.7 Å². The smallest absolute Gasteiger partial charge is 0.223 e. The van der Waals surface area contributed by atoms with E-state index in [-0.39, 0.29) is 11.9 Å². The second-order valence-corrected chi connectivity index (χ2v) is 3.68. The normalized spacial score (nSPS) is 11.6. The minimum Gasteiger partial charge on any atom is -0.368 e. The minimum absolute atomic E-state index is 0.0829.